The van der Waals surface area contributed by atoms with E-state index in [0.717, 1.165) is 5.56 Å². The maximum atomic E-state index is 11.6. The number of hydrogen-bond acceptors (Lipinski definition) is 4. The van der Waals surface area contributed by atoms with Crippen LogP contribution in [0.5, 0.6) is 11.5 Å². The van der Waals surface area contributed by atoms with E-state index < -0.39 is 0 Å². The molecular weight excluding hydrogens is 258 g/mol. The topological polar surface area (TPSA) is 74.7 Å². The molecule has 2 amide bonds. The first-order valence-electron chi connectivity index (χ1n) is 6.21. The smallest absolute Gasteiger partial charge is 0.327 e. The summed E-state index contributed by atoms with van der Waals surface area (Å²) in [6.45, 7) is 2.29. The molecule has 1 heterocycles. The summed E-state index contributed by atoms with van der Waals surface area (Å²) >= 11 is 0. The van der Waals surface area contributed by atoms with Crippen molar-refractivity contribution < 1.29 is 14.3 Å². The van der Waals surface area contributed by atoms with Crippen molar-refractivity contribution in [3.8, 4) is 11.5 Å². The van der Waals surface area contributed by atoms with E-state index in [4.69, 9.17) is 14.9 Å². The summed E-state index contributed by atoms with van der Waals surface area (Å²) in [7, 11) is 3.13. The van der Waals surface area contributed by atoms with Gasteiger partial charge in [-0.25, -0.2) is 4.79 Å². The van der Waals surface area contributed by atoms with Gasteiger partial charge in [0.2, 0.25) is 0 Å². The van der Waals surface area contributed by atoms with E-state index >= 15 is 0 Å². The van der Waals surface area contributed by atoms with Gasteiger partial charge in [0.25, 0.3) is 0 Å². The predicted octanol–water partition coefficient (Wildman–Crippen LogP) is 2.07. The fourth-order valence-corrected chi connectivity index (χ4v) is 2.00. The number of carbonyl (C=O) groups excluding carboxylic acids is 1. The van der Waals surface area contributed by atoms with Gasteiger partial charge in [-0.05, 0) is 30.7 Å². The number of amides is 2. The zero-order chi connectivity index (χ0) is 14.7. The van der Waals surface area contributed by atoms with Crippen molar-refractivity contribution in [3.63, 3.8) is 0 Å². The lowest BCUT2D eigenvalue weighted by Crippen LogP contribution is -2.29. The van der Waals surface area contributed by atoms with Gasteiger partial charge < -0.3 is 14.8 Å². The van der Waals surface area contributed by atoms with Gasteiger partial charge >= 0.3 is 6.03 Å². The average Bonchev–Trinajstić information content (AvgIpc) is 2.72. The van der Waals surface area contributed by atoms with Crippen molar-refractivity contribution in [1.82, 2.24) is 10.2 Å². The molecule has 0 unspecified atom stereocenters. The lowest BCUT2D eigenvalue weighted by molar-refractivity contribution is 0.230. The van der Waals surface area contributed by atoms with Crippen LogP contribution in [0.4, 0.5) is 4.79 Å². The highest BCUT2D eigenvalue weighted by molar-refractivity contribution is 6.15. The molecule has 2 N–H and O–H groups in total. The molecule has 20 heavy (non-hydrogen) atoms. The van der Waals surface area contributed by atoms with Crippen LogP contribution in [0.2, 0.25) is 0 Å². The molecule has 0 aromatic heterocycles. The number of hydrogen-bond donors (Lipinski definition) is 2. The zero-order valence-electron chi connectivity index (χ0n) is 11.7. The van der Waals surface area contributed by atoms with Gasteiger partial charge in [0, 0.05) is 6.54 Å². The van der Waals surface area contributed by atoms with E-state index in [1.807, 2.05) is 13.0 Å². The number of ether oxygens (including phenoxy) is 2. The lowest BCUT2D eigenvalue weighted by atomic mass is 10.1. The minimum absolute atomic E-state index is 0.173. The summed E-state index contributed by atoms with van der Waals surface area (Å²) in [4.78, 5) is 13.0. The Morgan fingerprint density at radius 1 is 1.30 bits per heavy atom. The number of carbonyl (C=O) groups is 1. The summed E-state index contributed by atoms with van der Waals surface area (Å²) in [5.41, 5.74) is 1.30. The molecule has 1 aliphatic heterocycles. The van der Waals surface area contributed by atoms with Crippen LogP contribution in [0, 0.1) is 5.41 Å². The van der Waals surface area contributed by atoms with E-state index in [-0.39, 0.29) is 11.9 Å². The number of benzene rings is 1. The molecular formula is C14H17N3O3. The van der Waals surface area contributed by atoms with Crippen molar-refractivity contribution in [2.75, 3.05) is 20.8 Å². The molecule has 1 aromatic carbocycles. The molecule has 1 aliphatic rings. The molecule has 0 radical (unpaired) electrons. The number of urea groups is 1. The Hall–Kier alpha value is -2.50. The van der Waals surface area contributed by atoms with Gasteiger partial charge in [-0.1, -0.05) is 6.07 Å². The summed E-state index contributed by atoms with van der Waals surface area (Å²) in [6.07, 6.45) is 1.73. The maximum absolute atomic E-state index is 11.6. The van der Waals surface area contributed by atoms with Crippen molar-refractivity contribution in [2.24, 2.45) is 0 Å². The van der Waals surface area contributed by atoms with Gasteiger partial charge in [0.15, 0.2) is 17.3 Å². The first kappa shape index (κ1) is 13.9. The van der Waals surface area contributed by atoms with Crippen molar-refractivity contribution in [1.29, 1.82) is 5.41 Å². The van der Waals surface area contributed by atoms with Crippen LogP contribution in [-0.4, -0.2) is 37.5 Å². The first-order valence-corrected chi connectivity index (χ1v) is 6.21. The van der Waals surface area contributed by atoms with E-state index in [1.54, 1.807) is 32.4 Å². The van der Waals surface area contributed by atoms with Crippen LogP contribution < -0.4 is 14.8 Å². The second-order valence-corrected chi connectivity index (χ2v) is 4.20. The molecule has 0 atom stereocenters. The fourth-order valence-electron chi connectivity index (χ4n) is 2.00. The van der Waals surface area contributed by atoms with E-state index in [0.29, 0.717) is 23.7 Å². The number of likely N-dealkylation sites (N-methyl/N-ethyl adjacent to an activating group) is 1. The Kier molecular flexibility index (Phi) is 3.93. The number of nitrogens with one attached hydrogen (secondary N) is 2. The van der Waals surface area contributed by atoms with E-state index in [1.165, 1.54) is 4.90 Å². The van der Waals surface area contributed by atoms with Gasteiger partial charge in [0.1, 0.15) is 0 Å². The van der Waals surface area contributed by atoms with Gasteiger partial charge in [0.05, 0.1) is 19.9 Å². The van der Waals surface area contributed by atoms with Gasteiger partial charge in [-0.15, -0.1) is 0 Å². The Morgan fingerprint density at radius 3 is 2.55 bits per heavy atom. The summed E-state index contributed by atoms with van der Waals surface area (Å²) < 4.78 is 10.4. The van der Waals surface area contributed by atoms with Crippen molar-refractivity contribution in [2.45, 2.75) is 6.92 Å². The molecule has 0 bridgehead atoms. The van der Waals surface area contributed by atoms with Crippen LogP contribution in [0.25, 0.3) is 6.08 Å². The van der Waals surface area contributed by atoms with Crippen LogP contribution in [0.1, 0.15) is 12.5 Å². The van der Waals surface area contributed by atoms with Crippen LogP contribution in [0.3, 0.4) is 0 Å². The van der Waals surface area contributed by atoms with E-state index in [9.17, 15) is 4.79 Å². The quantitative estimate of drug-likeness (QED) is 0.883. The Balaban J connectivity index is 2.32. The van der Waals surface area contributed by atoms with Gasteiger partial charge in [-0.2, -0.15) is 0 Å². The maximum Gasteiger partial charge on any atom is 0.327 e. The minimum Gasteiger partial charge on any atom is -0.493 e. The highest BCUT2D eigenvalue weighted by atomic mass is 16.5. The van der Waals surface area contributed by atoms with Crippen LogP contribution in [0.15, 0.2) is 23.9 Å². The molecule has 2 rings (SSSR count). The number of methoxy groups -OCH3 is 2. The number of nitrogens with zero attached hydrogens (tertiary/aromatic N) is 1. The molecule has 0 saturated carbocycles. The normalized spacial score (nSPS) is 16.6. The Morgan fingerprint density at radius 2 is 2.00 bits per heavy atom. The molecule has 6 nitrogen and oxygen atoms in total. The molecule has 6 heteroatoms. The second kappa shape index (κ2) is 5.64. The summed E-state index contributed by atoms with van der Waals surface area (Å²) in [5, 5.41) is 10.6. The van der Waals surface area contributed by atoms with Crippen molar-refractivity contribution >= 4 is 17.9 Å². The molecule has 1 aromatic rings. The Labute approximate surface area is 117 Å². The number of amidine groups is 1. The SMILES string of the molecule is CCN1C(=N)/C(=C/c2ccc(OC)c(OC)c2)NC1=O. The average molecular weight is 275 g/mol. The minimum atomic E-state index is -0.274. The third-order valence-corrected chi connectivity index (χ3v) is 3.05. The summed E-state index contributed by atoms with van der Waals surface area (Å²) in [6, 6.07) is 5.13. The lowest BCUT2D eigenvalue weighted by Gasteiger charge is -2.09. The number of rotatable bonds is 4. The third kappa shape index (κ3) is 2.45. The van der Waals surface area contributed by atoms with Crippen LogP contribution >= 0.6 is 0 Å². The molecule has 0 spiro atoms. The van der Waals surface area contributed by atoms with E-state index in [2.05, 4.69) is 5.32 Å². The molecule has 1 fully saturated rings. The second-order valence-electron chi connectivity index (χ2n) is 4.20. The fraction of sp³-hybridized carbons (Fsp3) is 0.286. The highest BCUT2D eigenvalue weighted by Gasteiger charge is 2.28. The molecule has 1 saturated heterocycles. The zero-order valence-corrected chi connectivity index (χ0v) is 11.7. The van der Waals surface area contributed by atoms with Crippen molar-refractivity contribution in [3.05, 3.63) is 29.5 Å². The third-order valence-electron chi connectivity index (χ3n) is 3.05. The summed E-state index contributed by atoms with van der Waals surface area (Å²) in [5.74, 6) is 1.41. The highest BCUT2D eigenvalue weighted by Crippen LogP contribution is 2.28. The largest absolute Gasteiger partial charge is 0.493 e. The molecule has 0 aliphatic carbocycles. The Bertz CT molecular complexity index is 581. The monoisotopic (exact) mass is 275 g/mol. The predicted molar refractivity (Wildman–Crippen MR) is 76.2 cm³/mol. The van der Waals surface area contributed by atoms with Gasteiger partial charge in [-0.3, -0.25) is 10.3 Å². The first-order chi connectivity index (χ1) is 9.60. The van der Waals surface area contributed by atoms with Crippen LogP contribution in [-0.2, 0) is 0 Å². The molecule has 106 valence electrons. The standard InChI is InChI=1S/C14H17N3O3/c1-4-17-13(15)10(16-14(17)18)7-9-5-6-11(19-2)12(8-9)20-3/h5-8,15H,4H2,1-3H3,(H,16,18)/b10-7-,15-13?.